The highest BCUT2D eigenvalue weighted by Crippen LogP contribution is 2.35. The molecule has 7 heteroatoms. The van der Waals surface area contributed by atoms with Crippen LogP contribution < -0.4 is 4.74 Å². The van der Waals surface area contributed by atoms with Crippen LogP contribution in [0.3, 0.4) is 0 Å². The molecule has 3 N–H and O–H groups in total. The van der Waals surface area contributed by atoms with Gasteiger partial charge in [0.05, 0.1) is 24.8 Å². The Kier molecular flexibility index (Phi) is 3.35. The Hall–Kier alpha value is -1.67. The number of para-hydroxylation sites is 2. The molecule has 4 atom stereocenters. The molecular formula is C13H16N2O5. The highest BCUT2D eigenvalue weighted by atomic mass is 16.6. The molecule has 108 valence electrons. The van der Waals surface area contributed by atoms with Crippen molar-refractivity contribution in [2.75, 3.05) is 13.7 Å². The van der Waals surface area contributed by atoms with Gasteiger partial charge in [-0.1, -0.05) is 12.1 Å². The number of hydrogen-bond acceptors (Lipinski definition) is 6. The number of methoxy groups -OCH3 is 1. The molecule has 1 aromatic carbocycles. The van der Waals surface area contributed by atoms with Crippen LogP contribution in [0.5, 0.6) is 6.01 Å². The SMILES string of the molecule is COc1nc2ccccc2n1C1OC(CO)C(O)C1O. The molecule has 2 aromatic rings. The van der Waals surface area contributed by atoms with Crippen molar-refractivity contribution < 1.29 is 24.8 Å². The van der Waals surface area contributed by atoms with Crippen molar-refractivity contribution >= 4 is 11.0 Å². The Bertz CT molecular complexity index is 614. The number of fused-ring (bicyclic) bond motifs is 1. The lowest BCUT2D eigenvalue weighted by atomic mass is 10.1. The summed E-state index contributed by atoms with van der Waals surface area (Å²) in [6, 6.07) is 7.59. The lowest BCUT2D eigenvalue weighted by molar-refractivity contribution is -0.0535. The highest BCUT2D eigenvalue weighted by molar-refractivity contribution is 5.76. The fourth-order valence-electron chi connectivity index (χ4n) is 2.51. The van der Waals surface area contributed by atoms with E-state index in [1.165, 1.54) is 7.11 Å². The Morgan fingerprint density at radius 3 is 2.70 bits per heavy atom. The van der Waals surface area contributed by atoms with Crippen LogP contribution >= 0.6 is 0 Å². The summed E-state index contributed by atoms with van der Waals surface area (Å²) >= 11 is 0. The van der Waals surface area contributed by atoms with Gasteiger partial charge in [-0.15, -0.1) is 0 Å². The molecule has 7 nitrogen and oxygen atoms in total. The Balaban J connectivity index is 2.10. The smallest absolute Gasteiger partial charge is 0.299 e. The summed E-state index contributed by atoms with van der Waals surface area (Å²) < 4.78 is 12.3. The lowest BCUT2D eigenvalue weighted by Crippen LogP contribution is -2.33. The zero-order valence-corrected chi connectivity index (χ0v) is 10.9. The first-order valence-corrected chi connectivity index (χ1v) is 6.30. The molecule has 1 fully saturated rings. The fourth-order valence-corrected chi connectivity index (χ4v) is 2.51. The molecule has 0 amide bonds. The summed E-state index contributed by atoms with van der Waals surface area (Å²) in [4.78, 5) is 4.29. The predicted octanol–water partition coefficient (Wildman–Crippen LogP) is -0.344. The van der Waals surface area contributed by atoms with Crippen molar-refractivity contribution in [3.05, 3.63) is 24.3 Å². The van der Waals surface area contributed by atoms with Gasteiger partial charge in [0.25, 0.3) is 6.01 Å². The largest absolute Gasteiger partial charge is 0.468 e. The molecule has 2 heterocycles. The molecule has 4 unspecified atom stereocenters. The van der Waals surface area contributed by atoms with E-state index in [1.54, 1.807) is 4.57 Å². The first-order valence-electron chi connectivity index (χ1n) is 6.30. The number of ether oxygens (including phenoxy) is 2. The first kappa shape index (κ1) is 13.3. The van der Waals surface area contributed by atoms with E-state index >= 15 is 0 Å². The summed E-state index contributed by atoms with van der Waals surface area (Å²) in [6.07, 6.45) is -4.01. The van der Waals surface area contributed by atoms with E-state index in [1.807, 2.05) is 24.3 Å². The molecule has 0 aliphatic carbocycles. The summed E-state index contributed by atoms with van der Waals surface area (Å²) in [5.74, 6) is 0. The number of aliphatic hydroxyl groups is 3. The van der Waals surface area contributed by atoms with Crippen LogP contribution in [0.4, 0.5) is 0 Å². The molecule has 0 saturated carbocycles. The third-order valence-electron chi connectivity index (χ3n) is 3.52. The molecule has 1 aromatic heterocycles. The second-order valence-electron chi connectivity index (χ2n) is 4.69. The average Bonchev–Trinajstić information content (AvgIpc) is 2.98. The Morgan fingerprint density at radius 1 is 1.30 bits per heavy atom. The maximum absolute atomic E-state index is 10.1. The molecule has 3 rings (SSSR count). The monoisotopic (exact) mass is 280 g/mol. The predicted molar refractivity (Wildman–Crippen MR) is 69.3 cm³/mol. The van der Waals surface area contributed by atoms with Gasteiger partial charge in [0.2, 0.25) is 0 Å². The normalized spacial score (nSPS) is 30.0. The van der Waals surface area contributed by atoms with Crippen LogP contribution in [0.15, 0.2) is 24.3 Å². The number of aromatic nitrogens is 2. The van der Waals surface area contributed by atoms with Gasteiger partial charge in [0, 0.05) is 0 Å². The van der Waals surface area contributed by atoms with Crippen LogP contribution in [0.25, 0.3) is 11.0 Å². The topological polar surface area (TPSA) is 97.0 Å². The van der Waals surface area contributed by atoms with E-state index < -0.39 is 24.5 Å². The summed E-state index contributed by atoms with van der Waals surface area (Å²) in [7, 11) is 1.47. The standard InChI is InChI=1S/C13H16N2O5/c1-19-13-14-7-4-2-3-5-8(7)15(13)12-11(18)10(17)9(6-16)20-12/h2-5,9-12,16-18H,6H2,1H3. The van der Waals surface area contributed by atoms with Gasteiger partial charge < -0.3 is 24.8 Å². The van der Waals surface area contributed by atoms with E-state index in [9.17, 15) is 10.2 Å². The molecule has 0 radical (unpaired) electrons. The van der Waals surface area contributed by atoms with E-state index in [-0.39, 0.29) is 12.6 Å². The third kappa shape index (κ3) is 1.87. The van der Waals surface area contributed by atoms with Gasteiger partial charge in [0.1, 0.15) is 18.3 Å². The third-order valence-corrected chi connectivity index (χ3v) is 3.52. The van der Waals surface area contributed by atoms with Crippen molar-refractivity contribution in [1.82, 2.24) is 9.55 Å². The zero-order chi connectivity index (χ0) is 14.3. The van der Waals surface area contributed by atoms with Crippen LogP contribution in [0, 0.1) is 0 Å². The molecule has 20 heavy (non-hydrogen) atoms. The highest BCUT2D eigenvalue weighted by Gasteiger charge is 2.44. The number of aliphatic hydroxyl groups excluding tert-OH is 3. The van der Waals surface area contributed by atoms with E-state index in [0.717, 1.165) is 5.52 Å². The maximum atomic E-state index is 10.1. The molecule has 1 aliphatic rings. The maximum Gasteiger partial charge on any atom is 0.299 e. The first-order chi connectivity index (χ1) is 9.67. The molecule has 0 bridgehead atoms. The minimum absolute atomic E-state index is 0.279. The summed E-state index contributed by atoms with van der Waals surface area (Å²) in [5.41, 5.74) is 1.42. The van der Waals surface area contributed by atoms with Crippen LogP contribution in [0.1, 0.15) is 6.23 Å². The minimum atomic E-state index is -1.17. The van der Waals surface area contributed by atoms with Gasteiger partial charge >= 0.3 is 0 Å². The number of imidazole rings is 1. The quantitative estimate of drug-likeness (QED) is 0.711. The van der Waals surface area contributed by atoms with Crippen LogP contribution in [0.2, 0.25) is 0 Å². The van der Waals surface area contributed by atoms with Crippen molar-refractivity contribution in [1.29, 1.82) is 0 Å². The summed E-state index contributed by atoms with van der Waals surface area (Å²) in [5, 5.41) is 29.1. The van der Waals surface area contributed by atoms with Crippen molar-refractivity contribution in [2.24, 2.45) is 0 Å². The zero-order valence-electron chi connectivity index (χ0n) is 10.9. The van der Waals surface area contributed by atoms with Gasteiger partial charge in [-0.3, -0.25) is 4.57 Å². The van der Waals surface area contributed by atoms with Crippen LogP contribution in [-0.4, -0.2) is 56.9 Å². The van der Waals surface area contributed by atoms with Crippen LogP contribution in [-0.2, 0) is 4.74 Å². The molecule has 1 saturated heterocycles. The van der Waals surface area contributed by atoms with Crippen molar-refractivity contribution in [3.63, 3.8) is 0 Å². The van der Waals surface area contributed by atoms with E-state index in [0.29, 0.717) is 5.52 Å². The number of hydrogen-bond donors (Lipinski definition) is 3. The van der Waals surface area contributed by atoms with Gasteiger partial charge in [0.15, 0.2) is 6.23 Å². The summed E-state index contributed by atoms with van der Waals surface area (Å²) in [6.45, 7) is -0.371. The molecule has 1 aliphatic heterocycles. The molecule has 0 spiro atoms. The molecular weight excluding hydrogens is 264 g/mol. The van der Waals surface area contributed by atoms with Gasteiger partial charge in [-0.25, -0.2) is 0 Å². The second kappa shape index (κ2) is 5.02. The van der Waals surface area contributed by atoms with Gasteiger partial charge in [-0.05, 0) is 12.1 Å². The van der Waals surface area contributed by atoms with Gasteiger partial charge in [-0.2, -0.15) is 4.98 Å². The fraction of sp³-hybridized carbons (Fsp3) is 0.462. The lowest BCUT2D eigenvalue weighted by Gasteiger charge is -2.18. The van der Waals surface area contributed by atoms with Crippen molar-refractivity contribution in [3.8, 4) is 6.01 Å². The number of rotatable bonds is 3. The number of nitrogens with zero attached hydrogens (tertiary/aromatic N) is 2. The Labute approximate surface area is 115 Å². The second-order valence-corrected chi connectivity index (χ2v) is 4.69. The average molecular weight is 280 g/mol. The van der Waals surface area contributed by atoms with E-state index in [2.05, 4.69) is 4.98 Å². The Morgan fingerprint density at radius 2 is 2.05 bits per heavy atom. The minimum Gasteiger partial charge on any atom is -0.468 e. The number of benzene rings is 1. The van der Waals surface area contributed by atoms with E-state index in [4.69, 9.17) is 14.6 Å². The van der Waals surface area contributed by atoms with Crippen molar-refractivity contribution in [2.45, 2.75) is 24.5 Å².